The zero-order valence-corrected chi connectivity index (χ0v) is 10.3. The summed E-state index contributed by atoms with van der Waals surface area (Å²) in [4.78, 5) is 11.0. The highest BCUT2D eigenvalue weighted by atomic mass is 16.7. The van der Waals surface area contributed by atoms with E-state index in [1.54, 1.807) is 0 Å². The van der Waals surface area contributed by atoms with Crippen LogP contribution in [-0.4, -0.2) is 25.9 Å². The monoisotopic (exact) mass is 251 g/mol. The van der Waals surface area contributed by atoms with E-state index in [4.69, 9.17) is 15.2 Å². The molecule has 0 saturated carbocycles. The van der Waals surface area contributed by atoms with Crippen molar-refractivity contribution >= 4 is 5.97 Å². The molecule has 1 aromatic carbocycles. The number of methoxy groups -OCH3 is 1. The third-order valence-electron chi connectivity index (χ3n) is 2.88. The zero-order chi connectivity index (χ0) is 13.0. The van der Waals surface area contributed by atoms with E-state index in [9.17, 15) is 4.79 Å². The van der Waals surface area contributed by atoms with Crippen LogP contribution in [0.3, 0.4) is 0 Å². The first-order chi connectivity index (χ1) is 8.69. The summed E-state index contributed by atoms with van der Waals surface area (Å²) in [6.07, 6.45) is 1.66. The van der Waals surface area contributed by atoms with Crippen molar-refractivity contribution in [2.24, 2.45) is 5.73 Å². The maximum Gasteiger partial charge on any atom is 0.305 e. The molecule has 5 nitrogen and oxygen atoms in total. The first-order valence-electron chi connectivity index (χ1n) is 5.90. The van der Waals surface area contributed by atoms with Gasteiger partial charge >= 0.3 is 5.97 Å². The standard InChI is InChI=1S/C13H17NO4/c1-16-13(15)5-3-10(14)6-9-2-4-11-12(7-9)18-8-17-11/h2,4,7,10H,3,5-6,8,14H2,1H3. The molecule has 1 aliphatic heterocycles. The van der Waals surface area contributed by atoms with Gasteiger partial charge in [-0.15, -0.1) is 0 Å². The van der Waals surface area contributed by atoms with Crippen LogP contribution in [0.15, 0.2) is 18.2 Å². The van der Waals surface area contributed by atoms with Gasteiger partial charge in [0.15, 0.2) is 11.5 Å². The highest BCUT2D eigenvalue weighted by Crippen LogP contribution is 2.32. The minimum atomic E-state index is -0.226. The Bertz CT molecular complexity index is 433. The Morgan fingerprint density at radius 2 is 2.22 bits per heavy atom. The molecule has 98 valence electrons. The van der Waals surface area contributed by atoms with Crippen LogP contribution in [-0.2, 0) is 16.0 Å². The molecular weight excluding hydrogens is 234 g/mol. The molecule has 1 heterocycles. The number of ether oxygens (including phenoxy) is 3. The molecule has 0 aliphatic carbocycles. The highest BCUT2D eigenvalue weighted by molar-refractivity contribution is 5.69. The molecule has 2 rings (SSSR count). The Kier molecular flexibility index (Phi) is 4.04. The van der Waals surface area contributed by atoms with Crippen molar-refractivity contribution in [1.82, 2.24) is 0 Å². The van der Waals surface area contributed by atoms with Crippen molar-refractivity contribution in [2.75, 3.05) is 13.9 Å². The summed E-state index contributed by atoms with van der Waals surface area (Å²) in [5.74, 6) is 1.30. The van der Waals surface area contributed by atoms with Crippen LogP contribution in [0.1, 0.15) is 18.4 Å². The van der Waals surface area contributed by atoms with Gasteiger partial charge in [-0.3, -0.25) is 4.79 Å². The largest absolute Gasteiger partial charge is 0.469 e. The first kappa shape index (κ1) is 12.7. The fourth-order valence-corrected chi connectivity index (χ4v) is 1.88. The van der Waals surface area contributed by atoms with Crippen LogP contribution in [0.5, 0.6) is 11.5 Å². The first-order valence-corrected chi connectivity index (χ1v) is 5.90. The summed E-state index contributed by atoms with van der Waals surface area (Å²) in [6.45, 7) is 0.271. The van der Waals surface area contributed by atoms with Crippen molar-refractivity contribution in [2.45, 2.75) is 25.3 Å². The summed E-state index contributed by atoms with van der Waals surface area (Å²) in [7, 11) is 1.38. The van der Waals surface area contributed by atoms with E-state index in [1.807, 2.05) is 18.2 Å². The molecule has 0 saturated heterocycles. The normalized spacial score (nSPS) is 14.3. The Labute approximate surface area is 106 Å². The molecule has 0 radical (unpaired) electrons. The third-order valence-corrected chi connectivity index (χ3v) is 2.88. The number of carbonyl (C=O) groups excluding carboxylic acids is 1. The molecule has 5 heteroatoms. The second-order valence-corrected chi connectivity index (χ2v) is 4.27. The predicted molar refractivity (Wildman–Crippen MR) is 65.5 cm³/mol. The maximum atomic E-state index is 11.0. The van der Waals surface area contributed by atoms with Gasteiger partial charge in [0.1, 0.15) is 0 Å². The fraction of sp³-hybridized carbons (Fsp3) is 0.462. The van der Waals surface area contributed by atoms with Gasteiger partial charge < -0.3 is 19.9 Å². The van der Waals surface area contributed by atoms with Crippen molar-refractivity contribution < 1.29 is 19.0 Å². The highest BCUT2D eigenvalue weighted by Gasteiger charge is 2.14. The number of rotatable bonds is 5. The van der Waals surface area contributed by atoms with E-state index in [0.29, 0.717) is 19.3 Å². The molecule has 0 aromatic heterocycles. The molecule has 0 bridgehead atoms. The predicted octanol–water partition coefficient (Wildman–Crippen LogP) is 1.24. The van der Waals surface area contributed by atoms with Gasteiger partial charge in [-0.25, -0.2) is 0 Å². The number of benzene rings is 1. The molecule has 18 heavy (non-hydrogen) atoms. The van der Waals surface area contributed by atoms with Crippen molar-refractivity contribution in [3.8, 4) is 11.5 Å². The Balaban J connectivity index is 1.87. The van der Waals surface area contributed by atoms with Crippen molar-refractivity contribution in [3.63, 3.8) is 0 Å². The fourth-order valence-electron chi connectivity index (χ4n) is 1.88. The molecule has 2 N–H and O–H groups in total. The lowest BCUT2D eigenvalue weighted by atomic mass is 10.0. The van der Waals surface area contributed by atoms with E-state index in [1.165, 1.54) is 7.11 Å². The van der Waals surface area contributed by atoms with Crippen LogP contribution in [0.25, 0.3) is 0 Å². The minimum absolute atomic E-state index is 0.0653. The molecule has 0 spiro atoms. The number of esters is 1. The number of hydrogen-bond donors (Lipinski definition) is 1. The average molecular weight is 251 g/mol. The summed E-state index contributed by atoms with van der Waals surface area (Å²) in [5.41, 5.74) is 7.05. The van der Waals surface area contributed by atoms with Gasteiger partial charge in [-0.1, -0.05) is 6.07 Å². The smallest absolute Gasteiger partial charge is 0.305 e. The van der Waals surface area contributed by atoms with Crippen molar-refractivity contribution in [3.05, 3.63) is 23.8 Å². The van der Waals surface area contributed by atoms with Crippen LogP contribution >= 0.6 is 0 Å². The Hall–Kier alpha value is -1.75. The van der Waals surface area contributed by atoms with Gasteiger partial charge in [0.05, 0.1) is 7.11 Å². The van der Waals surface area contributed by atoms with Gasteiger partial charge in [-0.05, 0) is 30.5 Å². The summed E-state index contributed by atoms with van der Waals surface area (Å²) >= 11 is 0. The molecule has 1 unspecified atom stereocenters. The maximum absolute atomic E-state index is 11.0. The molecular formula is C13H17NO4. The summed E-state index contributed by atoms with van der Waals surface area (Å²) in [5, 5.41) is 0. The van der Waals surface area contributed by atoms with Gasteiger partial charge in [-0.2, -0.15) is 0 Å². The third kappa shape index (κ3) is 3.13. The Morgan fingerprint density at radius 3 is 3.00 bits per heavy atom. The second kappa shape index (κ2) is 5.73. The topological polar surface area (TPSA) is 70.8 Å². The van der Waals surface area contributed by atoms with Crippen molar-refractivity contribution in [1.29, 1.82) is 0 Å². The second-order valence-electron chi connectivity index (χ2n) is 4.27. The van der Waals surface area contributed by atoms with Gasteiger partial charge in [0, 0.05) is 12.5 Å². The number of carbonyl (C=O) groups is 1. The molecule has 0 amide bonds. The average Bonchev–Trinajstić information content (AvgIpc) is 2.83. The minimum Gasteiger partial charge on any atom is -0.469 e. The summed E-state index contributed by atoms with van der Waals surface area (Å²) < 4.78 is 15.1. The van der Waals surface area contributed by atoms with Crippen LogP contribution in [0, 0.1) is 0 Å². The van der Waals surface area contributed by atoms with E-state index in [-0.39, 0.29) is 18.8 Å². The van der Waals surface area contributed by atoms with E-state index in [2.05, 4.69) is 4.74 Å². The zero-order valence-electron chi connectivity index (χ0n) is 10.3. The molecule has 1 aromatic rings. The lowest BCUT2D eigenvalue weighted by Gasteiger charge is -2.11. The Morgan fingerprint density at radius 1 is 1.44 bits per heavy atom. The van der Waals surface area contributed by atoms with E-state index < -0.39 is 0 Å². The lowest BCUT2D eigenvalue weighted by molar-refractivity contribution is -0.140. The van der Waals surface area contributed by atoms with Gasteiger partial charge in [0.25, 0.3) is 0 Å². The summed E-state index contributed by atoms with van der Waals surface area (Å²) in [6, 6.07) is 5.71. The number of nitrogens with two attached hydrogens (primary N) is 1. The molecule has 1 aliphatic rings. The van der Waals surface area contributed by atoms with Crippen LogP contribution in [0.4, 0.5) is 0 Å². The molecule has 0 fully saturated rings. The lowest BCUT2D eigenvalue weighted by Crippen LogP contribution is -2.24. The quantitative estimate of drug-likeness (QED) is 0.797. The number of hydrogen-bond acceptors (Lipinski definition) is 5. The van der Waals surface area contributed by atoms with E-state index in [0.717, 1.165) is 17.1 Å². The SMILES string of the molecule is COC(=O)CCC(N)Cc1ccc2c(c1)OCO2. The van der Waals surface area contributed by atoms with Gasteiger partial charge in [0.2, 0.25) is 6.79 Å². The number of fused-ring (bicyclic) bond motifs is 1. The van der Waals surface area contributed by atoms with E-state index >= 15 is 0 Å². The van der Waals surface area contributed by atoms with Crippen LogP contribution < -0.4 is 15.2 Å². The molecule has 1 atom stereocenters. The van der Waals surface area contributed by atoms with Crippen LogP contribution in [0.2, 0.25) is 0 Å².